The number of hydrogen-bond donors (Lipinski definition) is 0. The molecule has 0 aromatic heterocycles. The predicted molar refractivity (Wildman–Crippen MR) is 128 cm³/mol. The smallest absolute Gasteiger partial charge is 0.332 e. The number of carbonyl (C=O) groups excluding carboxylic acids is 1. The summed E-state index contributed by atoms with van der Waals surface area (Å²) in [6.07, 6.45) is -7.55. The molecule has 0 saturated carbocycles. The van der Waals surface area contributed by atoms with Gasteiger partial charge in [0.05, 0.1) is 11.1 Å². The molecule has 10 heteroatoms. The summed E-state index contributed by atoms with van der Waals surface area (Å²) in [6.45, 7) is 3.53. The Bertz CT molecular complexity index is 1020. The fraction of sp³-hybridized carbons (Fsp3) is 0.519. The zero-order chi connectivity index (χ0) is 26.8. The molecule has 2 heterocycles. The van der Waals surface area contributed by atoms with Crippen molar-refractivity contribution in [3.8, 4) is 0 Å². The highest BCUT2D eigenvalue weighted by molar-refractivity contribution is 5.95. The van der Waals surface area contributed by atoms with Gasteiger partial charge in [-0.15, -0.1) is 0 Å². The molecule has 2 fully saturated rings. The van der Waals surface area contributed by atoms with Crippen molar-refractivity contribution >= 4 is 5.91 Å². The number of piperidine rings is 2. The standard InChI is InChI=1S/C27H31F6N3O/c1-34-11-7-23(8-12-34)36(24-9-13-35(14-10-24)18-19-5-3-2-4-6-19)25(37)20-15-21(26(28,29)30)17-22(16-20)27(31,32)33/h2-6,15-17,23-24H,7-14,18H2,1H3. The van der Waals surface area contributed by atoms with E-state index in [1.807, 2.05) is 37.4 Å². The van der Waals surface area contributed by atoms with Gasteiger partial charge in [-0.3, -0.25) is 9.69 Å². The average molecular weight is 528 g/mol. The molecule has 202 valence electrons. The van der Waals surface area contributed by atoms with Crippen LogP contribution in [0.3, 0.4) is 0 Å². The van der Waals surface area contributed by atoms with E-state index in [2.05, 4.69) is 9.80 Å². The van der Waals surface area contributed by atoms with Crippen LogP contribution in [-0.2, 0) is 18.9 Å². The number of halogens is 6. The Morgan fingerprint density at radius 3 is 1.78 bits per heavy atom. The van der Waals surface area contributed by atoms with Crippen molar-refractivity contribution < 1.29 is 31.1 Å². The second-order valence-electron chi connectivity index (χ2n) is 10.0. The molecule has 0 bridgehead atoms. The zero-order valence-electron chi connectivity index (χ0n) is 20.7. The van der Waals surface area contributed by atoms with Gasteiger partial charge in [-0.25, -0.2) is 0 Å². The van der Waals surface area contributed by atoms with Crippen LogP contribution < -0.4 is 0 Å². The van der Waals surface area contributed by atoms with Crippen LogP contribution in [0.25, 0.3) is 0 Å². The van der Waals surface area contributed by atoms with Gasteiger partial charge in [-0.05, 0) is 69.6 Å². The third-order valence-electron chi connectivity index (χ3n) is 7.35. The monoisotopic (exact) mass is 527 g/mol. The summed E-state index contributed by atoms with van der Waals surface area (Å²) < 4.78 is 80.8. The SMILES string of the molecule is CN1CCC(N(C(=O)c2cc(C(F)(F)F)cc(C(F)(F)F)c2)C2CCN(Cc3ccccc3)CC2)CC1. The second kappa shape index (κ2) is 11.0. The van der Waals surface area contributed by atoms with E-state index in [4.69, 9.17) is 0 Å². The topological polar surface area (TPSA) is 26.8 Å². The summed E-state index contributed by atoms with van der Waals surface area (Å²) in [7, 11) is 1.95. The Morgan fingerprint density at radius 1 is 0.811 bits per heavy atom. The molecule has 4 rings (SSSR count). The van der Waals surface area contributed by atoms with Crippen LogP contribution in [0.15, 0.2) is 48.5 Å². The van der Waals surface area contributed by atoms with Crippen LogP contribution in [0.2, 0.25) is 0 Å². The Balaban J connectivity index is 1.60. The van der Waals surface area contributed by atoms with Gasteiger partial charge in [0, 0.05) is 37.3 Å². The van der Waals surface area contributed by atoms with Crippen molar-refractivity contribution in [3.05, 3.63) is 70.8 Å². The van der Waals surface area contributed by atoms with Crippen molar-refractivity contribution in [2.24, 2.45) is 0 Å². The first-order valence-electron chi connectivity index (χ1n) is 12.5. The zero-order valence-corrected chi connectivity index (χ0v) is 20.7. The molecule has 2 saturated heterocycles. The van der Waals surface area contributed by atoms with E-state index in [1.165, 1.54) is 0 Å². The lowest BCUT2D eigenvalue weighted by Crippen LogP contribution is -2.54. The molecule has 4 nitrogen and oxygen atoms in total. The molecule has 2 aliphatic rings. The molecule has 0 aliphatic carbocycles. The minimum absolute atomic E-state index is 0.0682. The molecule has 0 radical (unpaired) electrons. The lowest BCUT2D eigenvalue weighted by molar-refractivity contribution is -0.143. The molecule has 1 amide bonds. The summed E-state index contributed by atoms with van der Waals surface area (Å²) in [5.74, 6) is -0.757. The van der Waals surface area contributed by atoms with Crippen LogP contribution in [0.4, 0.5) is 26.3 Å². The van der Waals surface area contributed by atoms with Crippen LogP contribution >= 0.6 is 0 Å². The summed E-state index contributed by atoms with van der Waals surface area (Å²) in [4.78, 5) is 19.7. The van der Waals surface area contributed by atoms with Crippen molar-refractivity contribution in [3.63, 3.8) is 0 Å². The number of likely N-dealkylation sites (tertiary alicyclic amines) is 2. The first kappa shape index (κ1) is 27.4. The number of rotatable bonds is 5. The van der Waals surface area contributed by atoms with Gasteiger partial charge in [0.25, 0.3) is 5.91 Å². The normalized spacial score (nSPS) is 19.2. The summed E-state index contributed by atoms with van der Waals surface area (Å²) in [6, 6.07) is 10.6. The largest absolute Gasteiger partial charge is 0.416 e. The number of amides is 1. The first-order valence-corrected chi connectivity index (χ1v) is 12.5. The predicted octanol–water partition coefficient (Wildman–Crippen LogP) is 5.93. The van der Waals surface area contributed by atoms with E-state index in [9.17, 15) is 31.1 Å². The summed E-state index contributed by atoms with van der Waals surface area (Å²) >= 11 is 0. The van der Waals surface area contributed by atoms with E-state index in [-0.39, 0.29) is 18.2 Å². The lowest BCUT2D eigenvalue weighted by atomic mass is 9.94. The van der Waals surface area contributed by atoms with E-state index < -0.39 is 35.0 Å². The molecule has 37 heavy (non-hydrogen) atoms. The molecule has 0 unspecified atom stereocenters. The summed E-state index contributed by atoms with van der Waals surface area (Å²) in [5, 5.41) is 0. The number of hydrogen-bond acceptors (Lipinski definition) is 3. The van der Waals surface area contributed by atoms with Crippen molar-refractivity contribution in [1.29, 1.82) is 0 Å². The Hall–Kier alpha value is -2.59. The van der Waals surface area contributed by atoms with Gasteiger partial charge < -0.3 is 9.80 Å². The minimum Gasteiger partial charge on any atom is -0.332 e. The quantitative estimate of drug-likeness (QED) is 0.452. The number of nitrogens with zero attached hydrogens (tertiary/aromatic N) is 3. The first-order chi connectivity index (χ1) is 17.4. The Morgan fingerprint density at radius 2 is 1.30 bits per heavy atom. The van der Waals surface area contributed by atoms with E-state index >= 15 is 0 Å². The molecular formula is C27H31F6N3O. The van der Waals surface area contributed by atoms with Crippen LogP contribution in [0.5, 0.6) is 0 Å². The van der Waals surface area contributed by atoms with Gasteiger partial charge in [-0.2, -0.15) is 26.3 Å². The highest BCUT2D eigenvalue weighted by Gasteiger charge is 2.40. The number of benzene rings is 2. The molecule has 0 spiro atoms. The van der Waals surface area contributed by atoms with Gasteiger partial charge in [0.15, 0.2) is 0 Å². The molecular weight excluding hydrogens is 496 g/mol. The van der Waals surface area contributed by atoms with Crippen LogP contribution in [0, 0.1) is 0 Å². The van der Waals surface area contributed by atoms with Crippen LogP contribution in [-0.4, -0.2) is 65.9 Å². The highest BCUT2D eigenvalue weighted by atomic mass is 19.4. The third-order valence-corrected chi connectivity index (χ3v) is 7.35. The maximum Gasteiger partial charge on any atom is 0.416 e. The molecule has 2 aliphatic heterocycles. The number of alkyl halides is 6. The third kappa shape index (κ3) is 6.84. The highest BCUT2D eigenvalue weighted by Crippen LogP contribution is 2.37. The van der Waals surface area contributed by atoms with Crippen LogP contribution in [0.1, 0.15) is 52.7 Å². The fourth-order valence-electron chi connectivity index (χ4n) is 5.33. The fourth-order valence-corrected chi connectivity index (χ4v) is 5.33. The van der Waals surface area contributed by atoms with E-state index in [0.29, 0.717) is 64.0 Å². The second-order valence-corrected chi connectivity index (χ2v) is 10.0. The molecule has 2 aromatic carbocycles. The van der Waals surface area contributed by atoms with Gasteiger partial charge >= 0.3 is 12.4 Å². The Labute approximate surface area is 212 Å². The maximum absolute atomic E-state index is 13.7. The van der Waals surface area contributed by atoms with E-state index in [1.54, 1.807) is 4.90 Å². The summed E-state index contributed by atoms with van der Waals surface area (Å²) in [5.41, 5.74) is -2.33. The van der Waals surface area contributed by atoms with Gasteiger partial charge in [0.1, 0.15) is 0 Å². The maximum atomic E-state index is 13.7. The Kier molecular flexibility index (Phi) is 8.18. The van der Waals surface area contributed by atoms with Gasteiger partial charge in [-0.1, -0.05) is 30.3 Å². The number of carbonyl (C=O) groups is 1. The van der Waals surface area contributed by atoms with E-state index in [0.717, 1.165) is 12.1 Å². The lowest BCUT2D eigenvalue weighted by Gasteiger charge is -2.45. The average Bonchev–Trinajstić information content (AvgIpc) is 2.85. The van der Waals surface area contributed by atoms with Gasteiger partial charge in [0.2, 0.25) is 0 Å². The molecule has 0 N–H and O–H groups in total. The van der Waals surface area contributed by atoms with Crippen molar-refractivity contribution in [2.75, 3.05) is 33.2 Å². The van der Waals surface area contributed by atoms with Crippen molar-refractivity contribution in [1.82, 2.24) is 14.7 Å². The van der Waals surface area contributed by atoms with Crippen molar-refractivity contribution in [2.45, 2.75) is 56.7 Å². The minimum atomic E-state index is -5.00. The molecule has 0 atom stereocenters. The molecule has 2 aromatic rings.